The standard InChI is InChI=1S/C70H110N4O16/c1-49(29-20-15-11-10-12-16-21-30-50(2)69(89)90)67(87)52(4)64(84)39-25-18-14-9-7-5-6-8-13-17-24-38-63(83)51(3)62(74-48-53-31-22-19-23-32-53)45-60(81)43-56(77)34-26-33-54(75)41-59(80)42-55(76)35-27-36-58(79)46-65(85)68(88)66(86)47-61(82)44-57(78)37-28-40-73-70(71)72/h5-10,12-14,16-27,29-32,34-35,39,49,51-52,54-68,74-88H,11,15,28,33,36-38,40-48H2,1-4H3,(H,89,90)(H4,71,72,73). The Morgan fingerprint density at radius 1 is 0.500 bits per heavy atom. The highest BCUT2D eigenvalue weighted by Gasteiger charge is 2.30. The van der Waals surface area contributed by atoms with Crippen LogP contribution in [0.5, 0.6) is 0 Å². The molecule has 0 saturated carbocycles. The fourth-order valence-corrected chi connectivity index (χ4v) is 9.43. The molecule has 0 aliphatic heterocycles. The van der Waals surface area contributed by atoms with Gasteiger partial charge in [-0.25, -0.2) is 4.79 Å². The van der Waals surface area contributed by atoms with E-state index in [0.29, 0.717) is 32.4 Å². The van der Waals surface area contributed by atoms with Crippen LogP contribution in [0.3, 0.4) is 0 Å². The Bertz CT molecular complexity index is 2450. The minimum absolute atomic E-state index is 0.00670. The summed E-state index contributed by atoms with van der Waals surface area (Å²) in [6.45, 7) is 7.96. The maximum absolute atomic E-state index is 11.2. The number of carboxylic acid groups (broad SMARTS) is 1. The van der Waals surface area contributed by atoms with Crippen molar-refractivity contribution in [1.29, 1.82) is 0 Å². The maximum atomic E-state index is 11.2. The molecule has 0 saturated heterocycles. The van der Waals surface area contributed by atoms with Crippen LogP contribution in [-0.2, 0) is 11.3 Å². The van der Waals surface area contributed by atoms with Gasteiger partial charge in [-0.1, -0.05) is 191 Å². The van der Waals surface area contributed by atoms with Gasteiger partial charge in [-0.3, -0.25) is 4.99 Å². The third-order valence-electron chi connectivity index (χ3n) is 15.1. The minimum atomic E-state index is -1.69. The van der Waals surface area contributed by atoms with E-state index in [0.717, 1.165) is 18.4 Å². The van der Waals surface area contributed by atoms with Crippen LogP contribution in [0, 0.1) is 17.8 Å². The lowest BCUT2D eigenvalue weighted by molar-refractivity contribution is -0.132. The topological polar surface area (TPSA) is 397 Å². The molecule has 0 amide bonds. The van der Waals surface area contributed by atoms with Crippen LogP contribution in [-0.4, -0.2) is 187 Å². The van der Waals surface area contributed by atoms with Gasteiger partial charge in [0.1, 0.15) is 6.10 Å². The van der Waals surface area contributed by atoms with Crippen LogP contribution in [0.15, 0.2) is 181 Å². The number of guanidine groups is 1. The van der Waals surface area contributed by atoms with E-state index in [2.05, 4.69) is 10.3 Å². The van der Waals surface area contributed by atoms with E-state index in [-0.39, 0.29) is 93.1 Å². The fourth-order valence-electron chi connectivity index (χ4n) is 9.43. The number of aliphatic hydroxyl groups is 14. The average molecular weight is 1260 g/mol. The quantitative estimate of drug-likeness (QED) is 0.0102. The summed E-state index contributed by atoms with van der Waals surface area (Å²) in [5.41, 5.74) is 11.8. The summed E-state index contributed by atoms with van der Waals surface area (Å²) in [4.78, 5) is 14.6. The molecule has 0 aromatic heterocycles. The van der Waals surface area contributed by atoms with Gasteiger partial charge in [0.05, 0.1) is 79.4 Å². The van der Waals surface area contributed by atoms with Crippen molar-refractivity contribution < 1.29 is 81.4 Å². The van der Waals surface area contributed by atoms with Crippen molar-refractivity contribution >= 4 is 11.9 Å². The number of benzene rings is 1. The van der Waals surface area contributed by atoms with Crippen LogP contribution in [0.25, 0.3) is 0 Å². The molecule has 0 heterocycles. The number of carbonyl (C=O) groups is 1. The van der Waals surface area contributed by atoms with E-state index in [1.807, 2.05) is 130 Å². The van der Waals surface area contributed by atoms with Crippen molar-refractivity contribution in [2.75, 3.05) is 6.54 Å². The van der Waals surface area contributed by atoms with Gasteiger partial charge in [-0.2, -0.15) is 0 Å². The maximum Gasteiger partial charge on any atom is 0.331 e. The summed E-state index contributed by atoms with van der Waals surface area (Å²) in [6, 6.07) is 9.41. The number of unbranched alkanes of at least 4 members (excludes halogenated alkanes) is 1. The summed E-state index contributed by atoms with van der Waals surface area (Å²) in [7, 11) is 0. The minimum Gasteiger partial charge on any atom is -0.478 e. The Kier molecular flexibility index (Phi) is 45.6. The SMILES string of the molecule is CC(=CC=CC=CCCC=CC(C)C(O)C(C)C(O)C=CC=CC=CC=CC=CC=CCC(O)C(C)C(CC(O)CC(O)C=CCC(O)CC(O)CC(O)C=CCC(O)CC(O)C(O)C(O)CC(O)CC(O)CCCN=C(N)N)NCc1ccccc1)C(=O)O. The van der Waals surface area contributed by atoms with Crippen molar-refractivity contribution in [1.82, 2.24) is 5.32 Å². The van der Waals surface area contributed by atoms with Gasteiger partial charge in [0, 0.05) is 62.2 Å². The lowest BCUT2D eigenvalue weighted by Gasteiger charge is -2.31. The second-order valence-electron chi connectivity index (χ2n) is 23.3. The highest BCUT2D eigenvalue weighted by atomic mass is 16.4. The first-order valence-corrected chi connectivity index (χ1v) is 31.4. The molecule has 20 N–H and O–H groups in total. The van der Waals surface area contributed by atoms with Crippen LogP contribution in [0.2, 0.25) is 0 Å². The predicted octanol–water partition coefficient (Wildman–Crippen LogP) is 4.99. The van der Waals surface area contributed by atoms with Gasteiger partial charge in [0.2, 0.25) is 0 Å². The third kappa shape index (κ3) is 41.6. The lowest BCUT2D eigenvalue weighted by Crippen LogP contribution is -2.42. The van der Waals surface area contributed by atoms with Crippen molar-refractivity contribution in [3.63, 3.8) is 0 Å². The molecular formula is C70H110N4O16. The normalized spacial score (nSPS) is 19.4. The number of rotatable bonds is 49. The number of carboxylic acids is 1. The number of nitrogens with two attached hydrogens (primary N) is 2. The van der Waals surface area contributed by atoms with Crippen molar-refractivity contribution in [2.45, 2.75) is 216 Å². The van der Waals surface area contributed by atoms with Gasteiger partial charge in [0.15, 0.2) is 5.96 Å². The van der Waals surface area contributed by atoms with Gasteiger partial charge in [0.25, 0.3) is 0 Å². The van der Waals surface area contributed by atoms with E-state index in [1.54, 1.807) is 36.5 Å². The first-order chi connectivity index (χ1) is 42.8. The van der Waals surface area contributed by atoms with E-state index >= 15 is 0 Å². The Labute approximate surface area is 534 Å². The monoisotopic (exact) mass is 1260 g/mol. The molecule has 0 spiro atoms. The number of aliphatic hydroxyl groups excluding tert-OH is 14. The number of aliphatic imine (C=N–C) groups is 1. The molecule has 1 aromatic carbocycles. The first kappa shape index (κ1) is 82.3. The smallest absolute Gasteiger partial charge is 0.331 e. The third-order valence-corrected chi connectivity index (χ3v) is 15.1. The zero-order valence-electron chi connectivity index (χ0n) is 53.1. The molecule has 1 aromatic rings. The van der Waals surface area contributed by atoms with Crippen LogP contribution in [0.1, 0.15) is 123 Å². The van der Waals surface area contributed by atoms with Crippen LogP contribution >= 0.6 is 0 Å². The molecule has 18 unspecified atom stereocenters. The van der Waals surface area contributed by atoms with Crippen molar-refractivity contribution in [3.05, 3.63) is 181 Å². The molecular weight excluding hydrogens is 1150 g/mol. The van der Waals surface area contributed by atoms with E-state index in [4.69, 9.17) is 16.6 Å². The zero-order chi connectivity index (χ0) is 67.2. The van der Waals surface area contributed by atoms with Crippen molar-refractivity contribution in [3.8, 4) is 0 Å². The first-order valence-electron chi connectivity index (χ1n) is 31.4. The molecule has 0 radical (unpaired) electrons. The zero-order valence-corrected chi connectivity index (χ0v) is 53.1. The molecule has 1 rings (SSSR count). The Hall–Kier alpha value is -5.76. The number of nitrogens with zero attached hydrogens (tertiary/aromatic N) is 1. The van der Waals surface area contributed by atoms with Crippen molar-refractivity contribution in [2.24, 2.45) is 34.2 Å². The van der Waals surface area contributed by atoms with Gasteiger partial charge < -0.3 is 93.4 Å². The molecule has 0 bridgehead atoms. The number of aliphatic carboxylic acids is 1. The summed E-state index contributed by atoms with van der Waals surface area (Å²) in [5, 5.41) is 160. The summed E-state index contributed by atoms with van der Waals surface area (Å²) >= 11 is 0. The Balaban J connectivity index is 2.57. The average Bonchev–Trinajstić information content (AvgIpc) is 2.87. The number of hydrogen-bond donors (Lipinski definition) is 18. The van der Waals surface area contributed by atoms with E-state index < -0.39 is 91.4 Å². The molecule has 20 nitrogen and oxygen atoms in total. The molecule has 18 atom stereocenters. The summed E-state index contributed by atoms with van der Waals surface area (Å²) in [5.74, 6) is -1.86. The molecule has 0 aliphatic rings. The van der Waals surface area contributed by atoms with Crippen LogP contribution < -0.4 is 16.8 Å². The lowest BCUT2D eigenvalue weighted by atomic mass is 9.88. The summed E-state index contributed by atoms with van der Waals surface area (Å²) < 4.78 is 0. The number of hydrogen-bond acceptors (Lipinski definition) is 17. The van der Waals surface area contributed by atoms with Gasteiger partial charge in [-0.05, 0) is 82.6 Å². The molecule has 20 heteroatoms. The van der Waals surface area contributed by atoms with Crippen LogP contribution in [0.4, 0.5) is 0 Å². The second-order valence-corrected chi connectivity index (χ2v) is 23.3. The van der Waals surface area contributed by atoms with E-state index in [1.165, 1.54) is 31.2 Å². The highest BCUT2D eigenvalue weighted by Crippen LogP contribution is 2.22. The summed E-state index contributed by atoms with van der Waals surface area (Å²) in [6.07, 6.45) is 26.8. The Morgan fingerprint density at radius 3 is 1.59 bits per heavy atom. The van der Waals surface area contributed by atoms with Gasteiger partial charge in [-0.15, -0.1) is 0 Å². The Morgan fingerprint density at radius 2 is 1.00 bits per heavy atom. The second kappa shape index (κ2) is 49.9. The highest BCUT2D eigenvalue weighted by molar-refractivity contribution is 5.86. The molecule has 506 valence electrons. The molecule has 0 fully saturated rings. The van der Waals surface area contributed by atoms with E-state index in [9.17, 15) is 76.3 Å². The number of allylic oxidation sites excluding steroid dienone is 16. The van der Waals surface area contributed by atoms with Gasteiger partial charge >= 0.3 is 5.97 Å². The predicted molar refractivity (Wildman–Crippen MR) is 356 cm³/mol. The largest absolute Gasteiger partial charge is 0.478 e. The molecule has 90 heavy (non-hydrogen) atoms. The molecule has 0 aliphatic carbocycles. The fraction of sp³-hybridized carbons (Fsp3) is 0.543. The number of nitrogens with one attached hydrogen (secondary N) is 1.